The fourth-order valence-corrected chi connectivity index (χ4v) is 3.00. The molecule has 1 aromatic heterocycles. The number of oxazole rings is 1. The van der Waals surface area contributed by atoms with Crippen LogP contribution in [0, 0.1) is 0 Å². The second-order valence-corrected chi connectivity index (χ2v) is 6.43. The van der Waals surface area contributed by atoms with E-state index in [1.54, 1.807) is 36.4 Å². The zero-order chi connectivity index (χ0) is 19.5. The molecule has 0 N–H and O–H groups in total. The van der Waals surface area contributed by atoms with E-state index in [2.05, 4.69) is 4.98 Å². The Kier molecular flexibility index (Phi) is 4.99. The minimum absolute atomic E-state index is 0.0764. The molecule has 8 heteroatoms. The van der Waals surface area contributed by atoms with E-state index in [0.717, 1.165) is 0 Å². The van der Waals surface area contributed by atoms with Crippen LogP contribution in [0.5, 0.6) is 5.75 Å². The van der Waals surface area contributed by atoms with E-state index in [-0.39, 0.29) is 25.7 Å². The van der Waals surface area contributed by atoms with E-state index in [1.165, 1.54) is 11.2 Å². The number of anilines is 1. The Morgan fingerprint density at radius 1 is 1.18 bits per heavy atom. The normalized spacial score (nSPS) is 13.0. The molecule has 0 saturated carbocycles. The van der Waals surface area contributed by atoms with Crippen LogP contribution in [0.1, 0.15) is 5.69 Å². The standard InChI is InChI=1S/C20H15ClN2O5/c21-15-6-2-1-5-14(15)20-22-13(11-28-20)10-27-19(25)9-23-16-7-3-4-8-17(16)26-12-18(23)24/h1-8,11H,9-10,12H2. The van der Waals surface area contributed by atoms with Gasteiger partial charge in [-0.25, -0.2) is 4.98 Å². The molecular formula is C20H15ClN2O5. The van der Waals surface area contributed by atoms with Gasteiger partial charge in [-0.1, -0.05) is 35.9 Å². The summed E-state index contributed by atoms with van der Waals surface area (Å²) in [6.45, 7) is -0.407. The van der Waals surface area contributed by atoms with Crippen molar-refractivity contribution >= 4 is 29.2 Å². The molecule has 4 rings (SSSR count). The van der Waals surface area contributed by atoms with Crippen LogP contribution < -0.4 is 9.64 Å². The third-order valence-electron chi connectivity index (χ3n) is 4.13. The zero-order valence-corrected chi connectivity index (χ0v) is 15.4. The smallest absolute Gasteiger partial charge is 0.326 e. The lowest BCUT2D eigenvalue weighted by atomic mass is 10.2. The molecule has 1 aliphatic heterocycles. The summed E-state index contributed by atoms with van der Waals surface area (Å²) < 4.78 is 16.0. The van der Waals surface area contributed by atoms with E-state index in [4.69, 9.17) is 25.5 Å². The molecule has 0 aliphatic carbocycles. The van der Waals surface area contributed by atoms with Crippen molar-refractivity contribution in [3.8, 4) is 17.2 Å². The van der Waals surface area contributed by atoms with Gasteiger partial charge in [0.05, 0.1) is 16.3 Å². The summed E-state index contributed by atoms with van der Waals surface area (Å²) in [6, 6.07) is 14.2. The molecule has 1 amide bonds. The molecule has 1 aliphatic rings. The lowest BCUT2D eigenvalue weighted by Gasteiger charge is -2.28. The summed E-state index contributed by atoms with van der Waals surface area (Å²) in [5.41, 5.74) is 1.63. The predicted octanol–water partition coefficient (Wildman–Crippen LogP) is 3.46. The third kappa shape index (κ3) is 3.70. The quantitative estimate of drug-likeness (QED) is 0.612. The van der Waals surface area contributed by atoms with Crippen LogP contribution in [-0.2, 0) is 20.9 Å². The molecule has 2 heterocycles. The SMILES string of the molecule is O=C(CN1C(=O)COc2ccccc21)OCc1coc(-c2ccccc2Cl)n1. The molecule has 0 unspecified atom stereocenters. The van der Waals surface area contributed by atoms with Crippen molar-refractivity contribution in [2.75, 3.05) is 18.1 Å². The fourth-order valence-electron chi connectivity index (χ4n) is 2.79. The van der Waals surface area contributed by atoms with E-state index in [1.807, 2.05) is 12.1 Å². The van der Waals surface area contributed by atoms with Crippen LogP contribution in [0.2, 0.25) is 5.02 Å². The van der Waals surface area contributed by atoms with Crippen LogP contribution in [-0.4, -0.2) is 30.0 Å². The molecular weight excluding hydrogens is 384 g/mol. The Morgan fingerprint density at radius 3 is 2.82 bits per heavy atom. The first-order valence-electron chi connectivity index (χ1n) is 8.49. The van der Waals surface area contributed by atoms with Gasteiger partial charge in [0.15, 0.2) is 6.61 Å². The van der Waals surface area contributed by atoms with Crippen molar-refractivity contribution < 1.29 is 23.5 Å². The average molecular weight is 399 g/mol. The lowest BCUT2D eigenvalue weighted by molar-refractivity contribution is -0.144. The van der Waals surface area contributed by atoms with E-state index >= 15 is 0 Å². The highest BCUT2D eigenvalue weighted by Crippen LogP contribution is 2.31. The van der Waals surface area contributed by atoms with Gasteiger partial charge in [0.25, 0.3) is 5.91 Å². The first kappa shape index (κ1) is 18.1. The van der Waals surface area contributed by atoms with E-state index in [0.29, 0.717) is 33.6 Å². The van der Waals surface area contributed by atoms with Crippen molar-refractivity contribution in [2.24, 2.45) is 0 Å². The molecule has 0 bridgehead atoms. The second-order valence-electron chi connectivity index (χ2n) is 6.02. The number of carbonyl (C=O) groups is 2. The number of hydrogen-bond acceptors (Lipinski definition) is 6. The van der Waals surface area contributed by atoms with Gasteiger partial charge >= 0.3 is 5.97 Å². The molecule has 0 fully saturated rings. The number of amides is 1. The Labute approximate surface area is 165 Å². The molecule has 0 spiro atoms. The fraction of sp³-hybridized carbons (Fsp3) is 0.150. The van der Waals surface area contributed by atoms with Crippen molar-refractivity contribution in [3.63, 3.8) is 0 Å². The number of hydrogen-bond donors (Lipinski definition) is 0. The van der Waals surface area contributed by atoms with Crippen molar-refractivity contribution in [2.45, 2.75) is 6.61 Å². The maximum atomic E-state index is 12.2. The van der Waals surface area contributed by atoms with Crippen molar-refractivity contribution in [1.82, 2.24) is 4.98 Å². The lowest BCUT2D eigenvalue weighted by Crippen LogP contribution is -2.42. The van der Waals surface area contributed by atoms with Gasteiger partial charge in [-0.2, -0.15) is 0 Å². The summed E-state index contributed by atoms with van der Waals surface area (Å²) in [6.07, 6.45) is 1.40. The molecule has 2 aromatic carbocycles. The van der Waals surface area contributed by atoms with Gasteiger partial charge in [0.2, 0.25) is 5.89 Å². The monoisotopic (exact) mass is 398 g/mol. The van der Waals surface area contributed by atoms with Gasteiger partial charge in [-0.05, 0) is 24.3 Å². The summed E-state index contributed by atoms with van der Waals surface area (Å²) >= 11 is 6.13. The van der Waals surface area contributed by atoms with Gasteiger partial charge < -0.3 is 13.9 Å². The average Bonchev–Trinajstić information content (AvgIpc) is 3.18. The summed E-state index contributed by atoms with van der Waals surface area (Å²) in [4.78, 5) is 30.0. The Morgan fingerprint density at radius 2 is 1.96 bits per heavy atom. The molecule has 3 aromatic rings. The summed E-state index contributed by atoms with van der Waals surface area (Å²) in [7, 11) is 0. The topological polar surface area (TPSA) is 81.9 Å². The highest BCUT2D eigenvalue weighted by atomic mass is 35.5. The molecule has 0 radical (unpaired) electrons. The molecule has 7 nitrogen and oxygen atoms in total. The van der Waals surface area contributed by atoms with E-state index < -0.39 is 5.97 Å². The zero-order valence-electron chi connectivity index (χ0n) is 14.6. The Hall–Kier alpha value is -3.32. The number of halogens is 1. The van der Waals surface area contributed by atoms with Gasteiger partial charge in [0.1, 0.15) is 30.9 Å². The number of nitrogens with zero attached hydrogens (tertiary/aromatic N) is 2. The summed E-state index contributed by atoms with van der Waals surface area (Å²) in [5.74, 6) is 0.0233. The second kappa shape index (κ2) is 7.74. The number of rotatable bonds is 5. The molecule has 0 saturated heterocycles. The van der Waals surface area contributed by atoms with Crippen molar-refractivity contribution in [1.29, 1.82) is 0 Å². The Bertz CT molecular complexity index is 1030. The number of ether oxygens (including phenoxy) is 2. The molecule has 142 valence electrons. The third-order valence-corrected chi connectivity index (χ3v) is 4.46. The van der Waals surface area contributed by atoms with Crippen molar-refractivity contribution in [3.05, 3.63) is 65.5 Å². The number of carbonyl (C=O) groups excluding carboxylic acids is 2. The minimum atomic E-state index is -0.563. The van der Waals surface area contributed by atoms with Crippen LogP contribution in [0.3, 0.4) is 0 Å². The maximum Gasteiger partial charge on any atom is 0.326 e. The summed E-state index contributed by atoms with van der Waals surface area (Å²) in [5, 5.41) is 0.511. The largest absolute Gasteiger partial charge is 0.482 e. The minimum Gasteiger partial charge on any atom is -0.482 e. The number of para-hydroxylation sites is 2. The highest BCUT2D eigenvalue weighted by molar-refractivity contribution is 6.33. The van der Waals surface area contributed by atoms with Gasteiger partial charge in [0, 0.05) is 0 Å². The van der Waals surface area contributed by atoms with E-state index in [9.17, 15) is 9.59 Å². The number of aromatic nitrogens is 1. The number of fused-ring (bicyclic) bond motifs is 1. The van der Waals surface area contributed by atoms with Crippen LogP contribution in [0.4, 0.5) is 5.69 Å². The highest BCUT2D eigenvalue weighted by Gasteiger charge is 2.27. The predicted molar refractivity (Wildman–Crippen MR) is 101 cm³/mol. The van der Waals surface area contributed by atoms with Gasteiger partial charge in [-0.15, -0.1) is 0 Å². The Balaban J connectivity index is 1.39. The first-order valence-corrected chi connectivity index (χ1v) is 8.87. The number of esters is 1. The number of benzene rings is 2. The van der Waals surface area contributed by atoms with Crippen LogP contribution in [0.15, 0.2) is 59.2 Å². The molecule has 0 atom stereocenters. The van der Waals surface area contributed by atoms with Crippen LogP contribution in [0.25, 0.3) is 11.5 Å². The van der Waals surface area contributed by atoms with Gasteiger partial charge in [-0.3, -0.25) is 14.5 Å². The van der Waals surface area contributed by atoms with Crippen LogP contribution >= 0.6 is 11.6 Å². The molecule has 28 heavy (non-hydrogen) atoms. The first-order chi connectivity index (χ1) is 13.6. The maximum absolute atomic E-state index is 12.2.